The van der Waals surface area contributed by atoms with Gasteiger partial charge in [-0.05, 0) is 18.9 Å². The predicted molar refractivity (Wildman–Crippen MR) is 84.4 cm³/mol. The summed E-state index contributed by atoms with van der Waals surface area (Å²) in [6, 6.07) is 1.78. The van der Waals surface area contributed by atoms with Crippen LogP contribution in [0.15, 0.2) is 17.2 Å². The second-order valence-electron chi connectivity index (χ2n) is 5.28. The second-order valence-corrected chi connectivity index (χ2v) is 8.62. The van der Waals surface area contributed by atoms with Crippen molar-refractivity contribution in [3.8, 4) is 0 Å². The Balaban J connectivity index is 1.86. The van der Waals surface area contributed by atoms with Crippen LogP contribution >= 0.6 is 11.3 Å². The molecular weight excluding hydrogens is 326 g/mol. The van der Waals surface area contributed by atoms with Gasteiger partial charge < -0.3 is 0 Å². The molecular formula is C13H15N3O4S2. The molecule has 0 radical (unpaired) electrons. The van der Waals surface area contributed by atoms with Crippen LogP contribution in [0, 0.1) is 5.92 Å². The molecule has 1 N–H and O–H groups in total. The summed E-state index contributed by atoms with van der Waals surface area (Å²) >= 11 is 1.45. The lowest BCUT2D eigenvalue weighted by Gasteiger charge is -2.10. The van der Waals surface area contributed by atoms with Gasteiger partial charge in [0.25, 0.3) is 5.56 Å². The highest BCUT2D eigenvalue weighted by atomic mass is 32.2. The van der Waals surface area contributed by atoms with Gasteiger partial charge >= 0.3 is 0 Å². The number of rotatable bonds is 3. The van der Waals surface area contributed by atoms with Crippen LogP contribution in [0.5, 0.6) is 0 Å². The van der Waals surface area contributed by atoms with Crippen molar-refractivity contribution >= 4 is 37.3 Å². The monoisotopic (exact) mass is 341 g/mol. The van der Waals surface area contributed by atoms with Gasteiger partial charge in [0.1, 0.15) is 11.2 Å². The molecule has 1 aliphatic heterocycles. The minimum absolute atomic E-state index is 0.0155. The van der Waals surface area contributed by atoms with E-state index in [4.69, 9.17) is 0 Å². The first kappa shape index (κ1) is 15.2. The predicted octanol–water partition coefficient (Wildman–Crippen LogP) is 0.525. The molecule has 0 spiro atoms. The van der Waals surface area contributed by atoms with Gasteiger partial charge in [-0.3, -0.25) is 15.0 Å². The zero-order chi connectivity index (χ0) is 15.9. The Kier molecular flexibility index (Phi) is 3.77. The summed E-state index contributed by atoms with van der Waals surface area (Å²) in [4.78, 5) is 30.3. The Bertz CT molecular complexity index is 898. The summed E-state index contributed by atoms with van der Waals surface area (Å²) in [5, 5.41) is 0.462. The molecule has 3 rings (SSSR count). The molecule has 1 aliphatic rings. The van der Waals surface area contributed by atoms with E-state index in [1.165, 1.54) is 17.7 Å². The van der Waals surface area contributed by atoms with Crippen LogP contribution in [0.2, 0.25) is 0 Å². The normalized spacial score (nSPS) is 20.3. The van der Waals surface area contributed by atoms with Crippen LogP contribution in [0.3, 0.4) is 0 Å². The van der Waals surface area contributed by atoms with Crippen molar-refractivity contribution in [2.24, 2.45) is 5.92 Å². The van der Waals surface area contributed by atoms with Crippen molar-refractivity contribution in [1.29, 1.82) is 0 Å². The number of hydrogen-bond acceptors (Lipinski definition) is 6. The minimum Gasteiger partial charge on any atom is -0.273 e. The molecule has 0 aromatic carbocycles. The van der Waals surface area contributed by atoms with Crippen molar-refractivity contribution in [3.63, 3.8) is 0 Å². The molecule has 2 aromatic heterocycles. The van der Waals surface area contributed by atoms with E-state index in [-0.39, 0.29) is 23.5 Å². The average molecular weight is 341 g/mol. The van der Waals surface area contributed by atoms with E-state index in [0.717, 1.165) is 16.0 Å². The first-order valence-corrected chi connectivity index (χ1v) is 9.55. The molecule has 1 saturated heterocycles. The van der Waals surface area contributed by atoms with E-state index in [0.29, 0.717) is 10.2 Å². The number of fused-ring (bicyclic) bond motifs is 1. The molecule has 1 amide bonds. The summed E-state index contributed by atoms with van der Waals surface area (Å²) < 4.78 is 23.9. The molecule has 0 aliphatic carbocycles. The van der Waals surface area contributed by atoms with E-state index in [9.17, 15) is 18.0 Å². The van der Waals surface area contributed by atoms with Crippen molar-refractivity contribution in [2.75, 3.05) is 16.9 Å². The standard InChI is InChI=1S/C13H15N3O4S2/c1-2-9-5-10-12(21-9)14-7-16(13(10)18)15-11(17)8-3-4-22(19,20)6-8/h5,7-8H,2-4,6H2,1H3,(H,15,17)/t8-/m1/s1. The highest BCUT2D eigenvalue weighted by Crippen LogP contribution is 2.21. The van der Waals surface area contributed by atoms with E-state index in [1.54, 1.807) is 6.07 Å². The highest BCUT2D eigenvalue weighted by molar-refractivity contribution is 7.91. The number of aryl methyl sites for hydroxylation is 1. The number of aromatic nitrogens is 2. The Morgan fingerprint density at radius 3 is 2.95 bits per heavy atom. The first-order valence-electron chi connectivity index (χ1n) is 6.91. The van der Waals surface area contributed by atoms with Gasteiger partial charge in [0, 0.05) is 4.88 Å². The highest BCUT2D eigenvalue weighted by Gasteiger charge is 2.33. The number of amides is 1. The van der Waals surface area contributed by atoms with Crippen molar-refractivity contribution in [1.82, 2.24) is 9.66 Å². The number of thiophene rings is 1. The molecule has 1 fully saturated rings. The van der Waals surface area contributed by atoms with Gasteiger partial charge in [-0.2, -0.15) is 0 Å². The van der Waals surface area contributed by atoms with Crippen LogP contribution in [-0.2, 0) is 21.1 Å². The summed E-state index contributed by atoms with van der Waals surface area (Å²) in [5.41, 5.74) is 2.10. The second kappa shape index (κ2) is 5.47. The fourth-order valence-corrected chi connectivity index (χ4v) is 5.11. The minimum atomic E-state index is -3.14. The number of nitrogens with one attached hydrogen (secondary N) is 1. The summed E-state index contributed by atoms with van der Waals surface area (Å²) in [5.74, 6) is -1.22. The molecule has 0 unspecified atom stereocenters. The molecule has 1 atom stereocenters. The zero-order valence-electron chi connectivity index (χ0n) is 11.9. The summed E-state index contributed by atoms with van der Waals surface area (Å²) in [6.07, 6.45) is 2.37. The SMILES string of the molecule is CCc1cc2c(=O)n(NC(=O)[C@@H]3CCS(=O)(=O)C3)cnc2s1. The van der Waals surface area contributed by atoms with E-state index >= 15 is 0 Å². The van der Waals surface area contributed by atoms with Crippen molar-refractivity contribution < 1.29 is 13.2 Å². The van der Waals surface area contributed by atoms with Crippen molar-refractivity contribution in [2.45, 2.75) is 19.8 Å². The van der Waals surface area contributed by atoms with Crippen molar-refractivity contribution in [3.05, 3.63) is 27.6 Å². The molecule has 9 heteroatoms. The number of hydrogen-bond donors (Lipinski definition) is 1. The van der Waals surface area contributed by atoms with Gasteiger partial charge in [-0.25, -0.2) is 18.1 Å². The lowest BCUT2D eigenvalue weighted by molar-refractivity contribution is -0.120. The lowest BCUT2D eigenvalue weighted by atomic mass is 10.1. The Morgan fingerprint density at radius 1 is 1.55 bits per heavy atom. The van der Waals surface area contributed by atoms with Crippen LogP contribution < -0.4 is 11.0 Å². The smallest absolute Gasteiger partial charge is 0.273 e. The Morgan fingerprint density at radius 2 is 2.32 bits per heavy atom. The van der Waals surface area contributed by atoms with Gasteiger partial charge in [-0.15, -0.1) is 11.3 Å². The maximum absolute atomic E-state index is 12.3. The molecule has 0 saturated carbocycles. The topological polar surface area (TPSA) is 98.1 Å². The molecule has 0 bridgehead atoms. The molecule has 118 valence electrons. The summed E-state index contributed by atoms with van der Waals surface area (Å²) in [7, 11) is -3.14. The van der Waals surface area contributed by atoms with Gasteiger partial charge in [0.2, 0.25) is 5.91 Å². The molecule has 2 aromatic rings. The van der Waals surface area contributed by atoms with Crippen LogP contribution in [0.4, 0.5) is 0 Å². The zero-order valence-corrected chi connectivity index (χ0v) is 13.5. The number of carbonyl (C=O) groups excluding carboxylic acids is 1. The molecule has 3 heterocycles. The molecule has 7 nitrogen and oxygen atoms in total. The third-order valence-corrected chi connectivity index (χ3v) is 6.64. The van der Waals surface area contributed by atoms with E-state index in [1.807, 2.05) is 6.92 Å². The largest absolute Gasteiger partial charge is 0.280 e. The number of nitrogens with zero attached hydrogens (tertiary/aromatic N) is 2. The van der Waals surface area contributed by atoms with Crippen LogP contribution in [-0.4, -0.2) is 35.5 Å². The van der Waals surface area contributed by atoms with E-state index in [2.05, 4.69) is 10.4 Å². The maximum Gasteiger partial charge on any atom is 0.280 e. The fraction of sp³-hybridized carbons (Fsp3) is 0.462. The third kappa shape index (κ3) is 2.78. The molecule has 22 heavy (non-hydrogen) atoms. The fourth-order valence-electron chi connectivity index (χ4n) is 2.44. The average Bonchev–Trinajstić information content (AvgIpc) is 3.05. The van der Waals surface area contributed by atoms with E-state index < -0.39 is 21.7 Å². The van der Waals surface area contributed by atoms with Crippen LogP contribution in [0.25, 0.3) is 10.2 Å². The number of sulfone groups is 1. The first-order chi connectivity index (χ1) is 10.4. The quantitative estimate of drug-likeness (QED) is 0.878. The maximum atomic E-state index is 12.3. The van der Waals surface area contributed by atoms with Crippen LogP contribution in [0.1, 0.15) is 18.2 Å². The third-order valence-electron chi connectivity index (χ3n) is 3.69. The van der Waals surface area contributed by atoms with Gasteiger partial charge in [0.15, 0.2) is 9.84 Å². The van der Waals surface area contributed by atoms with Gasteiger partial charge in [0.05, 0.1) is 22.8 Å². The Hall–Kier alpha value is -1.74. The number of carbonyl (C=O) groups is 1. The lowest BCUT2D eigenvalue weighted by Crippen LogP contribution is -2.36. The summed E-state index contributed by atoms with van der Waals surface area (Å²) in [6.45, 7) is 1.99. The van der Waals surface area contributed by atoms with Gasteiger partial charge in [-0.1, -0.05) is 6.92 Å². The Labute approximate surface area is 130 Å².